The Morgan fingerprint density at radius 3 is 2.94 bits per heavy atom. The van der Waals surface area contributed by atoms with Crippen molar-refractivity contribution in [3.63, 3.8) is 0 Å². The number of piperazine rings is 1. The van der Waals surface area contributed by atoms with Gasteiger partial charge in [-0.3, -0.25) is 4.79 Å². The Labute approximate surface area is 186 Å². The van der Waals surface area contributed by atoms with Crippen LogP contribution in [0.3, 0.4) is 0 Å². The number of amides is 1. The van der Waals surface area contributed by atoms with Crippen molar-refractivity contribution < 1.29 is 13.9 Å². The van der Waals surface area contributed by atoms with Crippen molar-refractivity contribution in [2.24, 2.45) is 5.92 Å². The molecule has 1 unspecified atom stereocenters. The molecule has 10 heteroatoms. The average molecular weight is 442 g/mol. The number of aryl methyl sites for hydroxylation is 1. The van der Waals surface area contributed by atoms with Gasteiger partial charge in [-0.1, -0.05) is 13.8 Å². The van der Waals surface area contributed by atoms with E-state index in [1.807, 2.05) is 6.92 Å². The number of pyridine rings is 1. The maximum Gasteiger partial charge on any atom is 0.262 e. The second kappa shape index (κ2) is 9.07. The number of imidazole rings is 1. The van der Waals surface area contributed by atoms with Gasteiger partial charge in [0.25, 0.3) is 5.91 Å². The van der Waals surface area contributed by atoms with E-state index in [0.717, 1.165) is 19.6 Å². The largest absolute Gasteiger partial charge is 0.477 e. The van der Waals surface area contributed by atoms with Gasteiger partial charge in [0.2, 0.25) is 11.8 Å². The smallest absolute Gasteiger partial charge is 0.262 e. The van der Waals surface area contributed by atoms with Crippen LogP contribution in [0.1, 0.15) is 36.8 Å². The molecule has 1 amide bonds. The summed E-state index contributed by atoms with van der Waals surface area (Å²) in [6, 6.07) is 1.48. The zero-order chi connectivity index (χ0) is 22.8. The van der Waals surface area contributed by atoms with E-state index in [2.05, 4.69) is 44.3 Å². The molecular weight excluding hydrogens is 413 g/mol. The quantitative estimate of drug-likeness (QED) is 0.607. The van der Waals surface area contributed by atoms with Crippen molar-refractivity contribution in [3.05, 3.63) is 41.7 Å². The Bertz CT molecular complexity index is 1130. The van der Waals surface area contributed by atoms with Crippen molar-refractivity contribution in [2.75, 3.05) is 36.5 Å². The Kier molecular flexibility index (Phi) is 6.22. The molecular formula is C22H28FN7O2. The molecule has 170 valence electrons. The molecule has 1 aliphatic rings. The molecule has 0 saturated carbocycles. The van der Waals surface area contributed by atoms with E-state index in [9.17, 15) is 9.18 Å². The van der Waals surface area contributed by atoms with Gasteiger partial charge in [-0.2, -0.15) is 4.98 Å². The number of fused-ring (bicyclic) bond motifs is 1. The molecule has 0 bridgehead atoms. The number of halogens is 1. The highest BCUT2D eigenvalue weighted by molar-refractivity contribution is 6.05. The minimum absolute atomic E-state index is 0.189. The lowest BCUT2D eigenvalue weighted by atomic mass is 10.0. The minimum Gasteiger partial charge on any atom is -0.477 e. The fourth-order valence-corrected chi connectivity index (χ4v) is 3.91. The molecule has 0 spiro atoms. The lowest BCUT2D eigenvalue weighted by molar-refractivity contribution is 0.102. The standard InChI is InChI=1S/C22H28FN7O2/c1-5-32-21-16(9-25-22(28-21)30-7-6-24-10-18(30)13(2)3)20(31)27-15-8-17(23)19-26-14(4)11-29(19)12-15/h8-9,11-13,18,24H,5-7,10H2,1-4H3,(H,27,31). The van der Waals surface area contributed by atoms with Gasteiger partial charge < -0.3 is 24.7 Å². The van der Waals surface area contributed by atoms with Gasteiger partial charge in [0.15, 0.2) is 11.5 Å². The van der Waals surface area contributed by atoms with Gasteiger partial charge in [0, 0.05) is 50.3 Å². The number of nitrogens with zero attached hydrogens (tertiary/aromatic N) is 5. The molecule has 0 radical (unpaired) electrons. The fourth-order valence-electron chi connectivity index (χ4n) is 3.91. The SMILES string of the molecule is CCOc1nc(N2CCNCC2C(C)C)ncc1C(=O)Nc1cc(F)c2nc(C)cn2c1. The van der Waals surface area contributed by atoms with Crippen LogP contribution in [-0.2, 0) is 0 Å². The molecule has 1 saturated heterocycles. The number of ether oxygens (including phenoxy) is 1. The molecule has 3 aromatic rings. The molecule has 2 N–H and O–H groups in total. The zero-order valence-corrected chi connectivity index (χ0v) is 18.7. The topological polar surface area (TPSA) is 96.7 Å². The van der Waals surface area contributed by atoms with Crippen LogP contribution < -0.4 is 20.3 Å². The van der Waals surface area contributed by atoms with E-state index < -0.39 is 11.7 Å². The zero-order valence-electron chi connectivity index (χ0n) is 18.7. The van der Waals surface area contributed by atoms with Crippen LogP contribution in [0.5, 0.6) is 5.88 Å². The molecule has 0 aliphatic carbocycles. The third-order valence-corrected chi connectivity index (χ3v) is 5.46. The number of aromatic nitrogens is 4. The monoisotopic (exact) mass is 441 g/mol. The van der Waals surface area contributed by atoms with E-state index in [1.165, 1.54) is 12.3 Å². The number of carbonyl (C=O) groups excluding carboxylic acids is 1. The second-order valence-electron chi connectivity index (χ2n) is 8.17. The first-order chi connectivity index (χ1) is 15.4. The highest BCUT2D eigenvalue weighted by atomic mass is 19.1. The van der Waals surface area contributed by atoms with Gasteiger partial charge >= 0.3 is 0 Å². The normalized spacial score (nSPS) is 16.6. The Morgan fingerprint density at radius 2 is 2.19 bits per heavy atom. The number of carbonyl (C=O) groups is 1. The van der Waals surface area contributed by atoms with E-state index >= 15 is 0 Å². The first-order valence-electron chi connectivity index (χ1n) is 10.8. The van der Waals surface area contributed by atoms with Crippen LogP contribution in [0, 0.1) is 18.7 Å². The third-order valence-electron chi connectivity index (χ3n) is 5.46. The summed E-state index contributed by atoms with van der Waals surface area (Å²) in [5, 5.41) is 6.12. The first-order valence-corrected chi connectivity index (χ1v) is 10.8. The van der Waals surface area contributed by atoms with Crippen LogP contribution in [0.2, 0.25) is 0 Å². The molecule has 9 nitrogen and oxygen atoms in total. The molecule has 1 atom stereocenters. The maximum atomic E-state index is 14.4. The maximum absolute atomic E-state index is 14.4. The molecule has 1 fully saturated rings. The molecule has 4 heterocycles. The second-order valence-corrected chi connectivity index (χ2v) is 8.17. The first kappa shape index (κ1) is 21.9. The molecule has 1 aliphatic heterocycles. The summed E-state index contributed by atoms with van der Waals surface area (Å²) in [5.41, 5.74) is 1.38. The lowest BCUT2D eigenvalue weighted by Gasteiger charge is -2.38. The number of nitrogens with one attached hydrogen (secondary N) is 2. The minimum atomic E-state index is -0.522. The Hall–Kier alpha value is -3.27. The van der Waals surface area contributed by atoms with Crippen molar-refractivity contribution in [3.8, 4) is 5.88 Å². The number of hydrogen-bond acceptors (Lipinski definition) is 7. The summed E-state index contributed by atoms with van der Waals surface area (Å²) < 4.78 is 21.6. The van der Waals surface area contributed by atoms with Crippen LogP contribution in [0.25, 0.3) is 5.65 Å². The number of anilines is 2. The highest BCUT2D eigenvalue weighted by Gasteiger charge is 2.28. The predicted octanol–water partition coefficient (Wildman–Crippen LogP) is 2.66. The Morgan fingerprint density at radius 1 is 1.38 bits per heavy atom. The Balaban J connectivity index is 1.62. The summed E-state index contributed by atoms with van der Waals surface area (Å²) in [4.78, 5) is 28.3. The third kappa shape index (κ3) is 4.36. The molecule has 0 aromatic carbocycles. The number of rotatable bonds is 6. The van der Waals surface area contributed by atoms with Gasteiger partial charge in [0.05, 0.1) is 18.0 Å². The van der Waals surface area contributed by atoms with Crippen LogP contribution in [0.4, 0.5) is 16.0 Å². The summed E-state index contributed by atoms with van der Waals surface area (Å²) in [5.74, 6) is 0.145. The van der Waals surface area contributed by atoms with E-state index in [0.29, 0.717) is 29.9 Å². The van der Waals surface area contributed by atoms with Crippen molar-refractivity contribution in [1.29, 1.82) is 0 Å². The van der Waals surface area contributed by atoms with Crippen LogP contribution >= 0.6 is 0 Å². The highest BCUT2D eigenvalue weighted by Crippen LogP contribution is 2.25. The molecule has 4 rings (SSSR count). The van der Waals surface area contributed by atoms with Crippen LogP contribution in [0.15, 0.2) is 24.7 Å². The van der Waals surface area contributed by atoms with Crippen molar-refractivity contribution in [2.45, 2.75) is 33.7 Å². The predicted molar refractivity (Wildman–Crippen MR) is 120 cm³/mol. The van der Waals surface area contributed by atoms with E-state index in [1.54, 1.807) is 23.7 Å². The van der Waals surface area contributed by atoms with E-state index in [4.69, 9.17) is 4.74 Å². The summed E-state index contributed by atoms with van der Waals surface area (Å²) in [6.45, 7) is 10.7. The van der Waals surface area contributed by atoms with Gasteiger partial charge in [-0.15, -0.1) is 0 Å². The van der Waals surface area contributed by atoms with Crippen LogP contribution in [-0.4, -0.2) is 57.5 Å². The average Bonchev–Trinajstić information content (AvgIpc) is 3.14. The van der Waals surface area contributed by atoms with Crippen molar-refractivity contribution >= 4 is 23.2 Å². The molecule has 32 heavy (non-hydrogen) atoms. The van der Waals surface area contributed by atoms with E-state index in [-0.39, 0.29) is 23.1 Å². The lowest BCUT2D eigenvalue weighted by Crippen LogP contribution is -2.54. The van der Waals surface area contributed by atoms with Gasteiger partial charge in [-0.25, -0.2) is 14.4 Å². The van der Waals surface area contributed by atoms with Gasteiger partial charge in [0.1, 0.15) is 5.56 Å². The summed E-state index contributed by atoms with van der Waals surface area (Å²) in [7, 11) is 0. The summed E-state index contributed by atoms with van der Waals surface area (Å²) >= 11 is 0. The van der Waals surface area contributed by atoms with Gasteiger partial charge in [-0.05, 0) is 19.8 Å². The summed E-state index contributed by atoms with van der Waals surface area (Å²) in [6.07, 6.45) is 4.77. The fraction of sp³-hybridized carbons (Fsp3) is 0.455. The van der Waals surface area contributed by atoms with Crippen molar-refractivity contribution in [1.82, 2.24) is 24.7 Å². The molecule has 3 aromatic heterocycles. The number of hydrogen-bond donors (Lipinski definition) is 2.